The van der Waals surface area contributed by atoms with E-state index < -0.39 is 0 Å². The number of rotatable bonds is 5. The van der Waals surface area contributed by atoms with Crippen molar-refractivity contribution in [2.45, 2.75) is 33.9 Å². The maximum atomic E-state index is 11.8. The van der Waals surface area contributed by atoms with Gasteiger partial charge in [0.05, 0.1) is 12.7 Å². The number of anilines is 1. The summed E-state index contributed by atoms with van der Waals surface area (Å²) < 4.78 is 7.09. The Labute approximate surface area is 125 Å². The van der Waals surface area contributed by atoms with Crippen LogP contribution in [0.1, 0.15) is 34.2 Å². The van der Waals surface area contributed by atoms with Crippen LogP contribution in [0.15, 0.2) is 30.3 Å². The van der Waals surface area contributed by atoms with E-state index in [-0.39, 0.29) is 5.97 Å². The van der Waals surface area contributed by atoms with Crippen molar-refractivity contribution >= 4 is 11.7 Å². The summed E-state index contributed by atoms with van der Waals surface area (Å²) in [4.78, 5) is 11.8. The predicted molar refractivity (Wildman–Crippen MR) is 84.7 cm³/mol. The monoisotopic (exact) mass is 286 g/mol. The number of para-hydroxylation sites is 1. The molecule has 0 bridgehead atoms. The first kappa shape index (κ1) is 15.2. The molecule has 21 heavy (non-hydrogen) atoms. The number of aromatic nitrogens is 1. The summed E-state index contributed by atoms with van der Waals surface area (Å²) >= 11 is 0. The number of nitrogens with zero attached hydrogens (tertiary/aromatic N) is 1. The van der Waals surface area contributed by atoms with E-state index in [1.165, 1.54) is 24.1 Å². The van der Waals surface area contributed by atoms with Crippen LogP contribution >= 0.6 is 0 Å². The zero-order valence-corrected chi connectivity index (χ0v) is 13.1. The van der Waals surface area contributed by atoms with Crippen molar-refractivity contribution in [3.8, 4) is 0 Å². The van der Waals surface area contributed by atoms with Gasteiger partial charge in [-0.2, -0.15) is 0 Å². The zero-order chi connectivity index (χ0) is 15.4. The molecule has 0 atom stereocenters. The van der Waals surface area contributed by atoms with Gasteiger partial charge in [0.2, 0.25) is 0 Å². The lowest BCUT2D eigenvalue weighted by atomic mass is 10.1. The second-order valence-corrected chi connectivity index (χ2v) is 5.03. The third kappa shape index (κ3) is 3.10. The van der Waals surface area contributed by atoms with E-state index in [9.17, 15) is 4.79 Å². The van der Waals surface area contributed by atoms with Crippen molar-refractivity contribution < 1.29 is 9.53 Å². The molecule has 0 amide bonds. The smallest absolute Gasteiger partial charge is 0.339 e. The van der Waals surface area contributed by atoms with Crippen molar-refractivity contribution in [3.05, 3.63) is 52.8 Å². The van der Waals surface area contributed by atoms with Crippen molar-refractivity contribution in [1.82, 2.24) is 4.57 Å². The van der Waals surface area contributed by atoms with Gasteiger partial charge in [0.1, 0.15) is 0 Å². The minimum atomic E-state index is -0.322. The number of carbonyl (C=O) groups excluding carboxylic acids is 1. The molecule has 4 nitrogen and oxygen atoms in total. The maximum Gasteiger partial charge on any atom is 0.339 e. The van der Waals surface area contributed by atoms with Crippen LogP contribution in [0.5, 0.6) is 0 Å². The molecule has 0 aliphatic heterocycles. The van der Waals surface area contributed by atoms with Gasteiger partial charge in [0, 0.05) is 30.2 Å². The van der Waals surface area contributed by atoms with Gasteiger partial charge in [0.25, 0.3) is 0 Å². The fourth-order valence-electron chi connectivity index (χ4n) is 2.65. The molecule has 1 aromatic carbocycles. The molecule has 112 valence electrons. The van der Waals surface area contributed by atoms with Gasteiger partial charge in [0.15, 0.2) is 0 Å². The molecule has 4 heteroatoms. The Morgan fingerprint density at radius 1 is 1.29 bits per heavy atom. The van der Waals surface area contributed by atoms with Gasteiger partial charge in [-0.15, -0.1) is 0 Å². The summed E-state index contributed by atoms with van der Waals surface area (Å²) in [7, 11) is 1.40. The Kier molecular flexibility index (Phi) is 4.68. The van der Waals surface area contributed by atoms with E-state index in [0.29, 0.717) is 12.1 Å². The van der Waals surface area contributed by atoms with Crippen molar-refractivity contribution in [1.29, 1.82) is 0 Å². The van der Waals surface area contributed by atoms with Gasteiger partial charge in [-0.05, 0) is 44.5 Å². The average Bonchev–Trinajstić information content (AvgIpc) is 2.78. The summed E-state index contributed by atoms with van der Waals surface area (Å²) in [5.74, 6) is -0.322. The van der Waals surface area contributed by atoms with Crippen LogP contribution in [0.2, 0.25) is 0 Å². The van der Waals surface area contributed by atoms with E-state index in [1.54, 1.807) is 6.07 Å². The van der Waals surface area contributed by atoms with Crippen molar-refractivity contribution in [2.24, 2.45) is 0 Å². The van der Waals surface area contributed by atoms with Crippen LogP contribution in [0.4, 0.5) is 5.69 Å². The summed E-state index contributed by atoms with van der Waals surface area (Å²) in [5, 5.41) is 3.34. The molecule has 0 saturated carbocycles. The Bertz CT molecular complexity index is 644. The first-order valence-electron chi connectivity index (χ1n) is 7.15. The lowest BCUT2D eigenvalue weighted by molar-refractivity contribution is 0.0602. The molecule has 1 N–H and O–H groups in total. The zero-order valence-electron chi connectivity index (χ0n) is 13.1. The number of hydrogen-bond acceptors (Lipinski definition) is 3. The topological polar surface area (TPSA) is 43.3 Å². The molecular formula is C17H22N2O2. The van der Waals surface area contributed by atoms with Crippen molar-refractivity contribution in [2.75, 3.05) is 12.4 Å². The Balaban J connectivity index is 2.19. The Morgan fingerprint density at radius 3 is 2.62 bits per heavy atom. The highest BCUT2D eigenvalue weighted by molar-refractivity contribution is 5.95. The first-order chi connectivity index (χ1) is 10.1. The quantitative estimate of drug-likeness (QED) is 0.855. The van der Waals surface area contributed by atoms with Gasteiger partial charge >= 0.3 is 5.97 Å². The van der Waals surface area contributed by atoms with E-state index in [2.05, 4.69) is 36.7 Å². The lowest BCUT2D eigenvalue weighted by Gasteiger charge is -2.11. The Morgan fingerprint density at radius 2 is 2.00 bits per heavy atom. The summed E-state index contributed by atoms with van der Waals surface area (Å²) in [6, 6.07) is 9.59. The number of ether oxygens (including phenoxy) is 1. The average molecular weight is 286 g/mol. The molecule has 0 radical (unpaired) electrons. The molecule has 0 spiro atoms. The van der Waals surface area contributed by atoms with E-state index in [4.69, 9.17) is 4.74 Å². The minimum Gasteiger partial charge on any atom is -0.465 e. The van der Waals surface area contributed by atoms with E-state index in [1.807, 2.05) is 18.2 Å². The van der Waals surface area contributed by atoms with Gasteiger partial charge in [-0.1, -0.05) is 12.1 Å². The second-order valence-electron chi connectivity index (χ2n) is 5.03. The summed E-state index contributed by atoms with van der Waals surface area (Å²) in [6.45, 7) is 8.04. The number of aryl methyl sites for hydroxylation is 1. The molecule has 1 aromatic heterocycles. The standard InChI is InChI=1S/C17H22N2O2/c1-5-19-12(2)10-14(13(19)3)11-18-16-9-7-6-8-15(16)17(20)21-4/h6-10,18H,5,11H2,1-4H3. The summed E-state index contributed by atoms with van der Waals surface area (Å²) in [6.07, 6.45) is 0. The second kappa shape index (κ2) is 6.48. The largest absolute Gasteiger partial charge is 0.465 e. The fourth-order valence-corrected chi connectivity index (χ4v) is 2.65. The highest BCUT2D eigenvalue weighted by atomic mass is 16.5. The van der Waals surface area contributed by atoms with E-state index in [0.717, 1.165) is 12.2 Å². The highest BCUT2D eigenvalue weighted by Crippen LogP contribution is 2.20. The third-order valence-electron chi connectivity index (χ3n) is 3.80. The normalized spacial score (nSPS) is 10.5. The van der Waals surface area contributed by atoms with Crippen LogP contribution in [-0.2, 0) is 17.8 Å². The van der Waals surface area contributed by atoms with Gasteiger partial charge in [-0.25, -0.2) is 4.79 Å². The number of carbonyl (C=O) groups is 1. The number of esters is 1. The van der Waals surface area contributed by atoms with Crippen LogP contribution in [0, 0.1) is 13.8 Å². The van der Waals surface area contributed by atoms with Crippen LogP contribution in [0.25, 0.3) is 0 Å². The molecule has 0 unspecified atom stereocenters. The highest BCUT2D eigenvalue weighted by Gasteiger charge is 2.12. The molecule has 2 rings (SSSR count). The number of methoxy groups -OCH3 is 1. The molecule has 0 aliphatic rings. The molecule has 1 heterocycles. The van der Waals surface area contributed by atoms with Crippen molar-refractivity contribution in [3.63, 3.8) is 0 Å². The molecule has 2 aromatic rings. The SMILES string of the molecule is CCn1c(C)cc(CNc2ccccc2C(=O)OC)c1C. The van der Waals surface area contributed by atoms with Gasteiger partial charge in [-0.3, -0.25) is 0 Å². The van der Waals surface area contributed by atoms with Crippen LogP contribution in [0.3, 0.4) is 0 Å². The fraction of sp³-hybridized carbons (Fsp3) is 0.353. The molecule has 0 aliphatic carbocycles. The number of nitrogens with one attached hydrogen (secondary N) is 1. The maximum absolute atomic E-state index is 11.8. The number of hydrogen-bond donors (Lipinski definition) is 1. The Hall–Kier alpha value is -2.23. The molecule has 0 fully saturated rings. The van der Waals surface area contributed by atoms with Gasteiger partial charge < -0.3 is 14.6 Å². The first-order valence-corrected chi connectivity index (χ1v) is 7.15. The van der Waals surface area contributed by atoms with Crippen LogP contribution < -0.4 is 5.32 Å². The predicted octanol–water partition coefficient (Wildman–Crippen LogP) is 3.52. The lowest BCUT2D eigenvalue weighted by Crippen LogP contribution is -2.08. The van der Waals surface area contributed by atoms with E-state index >= 15 is 0 Å². The summed E-state index contributed by atoms with van der Waals surface area (Å²) in [5.41, 5.74) is 5.12. The minimum absolute atomic E-state index is 0.322. The third-order valence-corrected chi connectivity index (χ3v) is 3.80. The molecular weight excluding hydrogens is 264 g/mol. The number of benzene rings is 1. The van der Waals surface area contributed by atoms with Crippen LogP contribution in [-0.4, -0.2) is 17.6 Å². The molecule has 0 saturated heterocycles.